The molecule has 1 fully saturated rings. The lowest BCUT2D eigenvalue weighted by Crippen LogP contribution is -2.16. The molecule has 0 bridgehead atoms. The van der Waals surface area contributed by atoms with E-state index in [1.807, 2.05) is 30.3 Å². The van der Waals surface area contributed by atoms with Crippen molar-refractivity contribution in [1.82, 2.24) is 9.97 Å². The van der Waals surface area contributed by atoms with Crippen LogP contribution in [-0.2, 0) is 4.79 Å². The van der Waals surface area contributed by atoms with Gasteiger partial charge in [0.25, 0.3) is 5.91 Å². The molecule has 29 heavy (non-hydrogen) atoms. The van der Waals surface area contributed by atoms with Crippen LogP contribution in [0.3, 0.4) is 0 Å². The number of carbonyl (C=O) groups is 2. The topological polar surface area (TPSA) is 96.0 Å². The smallest absolute Gasteiger partial charge is 0.274 e. The third-order valence-corrected chi connectivity index (χ3v) is 4.36. The highest BCUT2D eigenvalue weighted by Gasteiger charge is 2.23. The first kappa shape index (κ1) is 18.6. The summed E-state index contributed by atoms with van der Waals surface area (Å²) < 4.78 is 0. The molecule has 7 nitrogen and oxygen atoms in total. The van der Waals surface area contributed by atoms with Crippen molar-refractivity contribution in [2.24, 2.45) is 0 Å². The SMILES string of the molecule is CC(=O)Nc1cccc(NC(=O)c2cc(NC3CC3)nc(-c3ccccc3)n2)c1. The zero-order chi connectivity index (χ0) is 20.2. The normalized spacial score (nSPS) is 12.9. The Balaban J connectivity index is 1.61. The number of benzene rings is 2. The van der Waals surface area contributed by atoms with Crippen LogP contribution in [0.25, 0.3) is 11.4 Å². The summed E-state index contributed by atoms with van der Waals surface area (Å²) >= 11 is 0. The maximum Gasteiger partial charge on any atom is 0.274 e. The highest BCUT2D eigenvalue weighted by atomic mass is 16.2. The van der Waals surface area contributed by atoms with Crippen molar-refractivity contribution < 1.29 is 9.59 Å². The van der Waals surface area contributed by atoms with Crippen molar-refractivity contribution >= 4 is 29.0 Å². The Morgan fingerprint density at radius 1 is 0.897 bits per heavy atom. The van der Waals surface area contributed by atoms with Crippen LogP contribution in [-0.4, -0.2) is 27.8 Å². The van der Waals surface area contributed by atoms with Crippen LogP contribution in [0, 0.1) is 0 Å². The zero-order valence-corrected chi connectivity index (χ0v) is 16.0. The number of aromatic nitrogens is 2. The molecule has 1 aliphatic carbocycles. The lowest BCUT2D eigenvalue weighted by molar-refractivity contribution is -0.114. The molecule has 0 radical (unpaired) electrons. The summed E-state index contributed by atoms with van der Waals surface area (Å²) in [5, 5.41) is 8.88. The molecule has 3 aromatic rings. The van der Waals surface area contributed by atoms with Gasteiger partial charge in [0, 0.05) is 36.0 Å². The van der Waals surface area contributed by atoms with E-state index in [0.29, 0.717) is 29.1 Å². The van der Waals surface area contributed by atoms with Crippen LogP contribution >= 0.6 is 0 Å². The lowest BCUT2D eigenvalue weighted by atomic mass is 10.2. The fourth-order valence-electron chi connectivity index (χ4n) is 2.86. The number of anilines is 3. The Kier molecular flexibility index (Phi) is 5.20. The van der Waals surface area contributed by atoms with Crippen LogP contribution in [0.5, 0.6) is 0 Å². The number of carbonyl (C=O) groups excluding carboxylic acids is 2. The maximum atomic E-state index is 12.9. The van der Waals surface area contributed by atoms with E-state index in [-0.39, 0.29) is 17.5 Å². The molecular weight excluding hydrogens is 366 g/mol. The van der Waals surface area contributed by atoms with Crippen LogP contribution < -0.4 is 16.0 Å². The molecule has 0 aliphatic heterocycles. The first-order valence-corrected chi connectivity index (χ1v) is 9.47. The lowest BCUT2D eigenvalue weighted by Gasteiger charge is -2.11. The second-order valence-electron chi connectivity index (χ2n) is 6.96. The Hall–Kier alpha value is -3.74. The van der Waals surface area contributed by atoms with Gasteiger partial charge in [0.1, 0.15) is 11.5 Å². The summed E-state index contributed by atoms with van der Waals surface area (Å²) in [6.45, 7) is 1.44. The Morgan fingerprint density at radius 2 is 1.62 bits per heavy atom. The average molecular weight is 387 g/mol. The summed E-state index contributed by atoms with van der Waals surface area (Å²) in [5.41, 5.74) is 2.29. The molecule has 0 spiro atoms. The van der Waals surface area contributed by atoms with Crippen LogP contribution in [0.4, 0.5) is 17.2 Å². The van der Waals surface area contributed by atoms with E-state index in [0.717, 1.165) is 18.4 Å². The van der Waals surface area contributed by atoms with Gasteiger partial charge in [-0.3, -0.25) is 9.59 Å². The summed E-state index contributed by atoms with van der Waals surface area (Å²) in [6.07, 6.45) is 2.20. The Morgan fingerprint density at radius 3 is 2.31 bits per heavy atom. The maximum absolute atomic E-state index is 12.9. The standard InChI is InChI=1S/C22H21N5O2/c1-14(28)23-17-8-5-9-18(12-17)25-22(29)19-13-20(24-16-10-11-16)27-21(26-19)15-6-3-2-4-7-15/h2-9,12-13,16H,10-11H2,1H3,(H,23,28)(H,25,29)(H,24,26,27). The largest absolute Gasteiger partial charge is 0.367 e. The number of hydrogen-bond donors (Lipinski definition) is 3. The van der Waals surface area contributed by atoms with Crippen LogP contribution in [0.1, 0.15) is 30.3 Å². The van der Waals surface area contributed by atoms with Crippen molar-refractivity contribution in [3.8, 4) is 11.4 Å². The third-order valence-electron chi connectivity index (χ3n) is 4.36. The second kappa shape index (κ2) is 8.10. The van der Waals surface area contributed by atoms with Crippen molar-refractivity contribution in [2.45, 2.75) is 25.8 Å². The molecule has 4 rings (SSSR count). The number of nitrogens with one attached hydrogen (secondary N) is 3. The van der Waals surface area contributed by atoms with Gasteiger partial charge in [0.05, 0.1) is 0 Å². The molecule has 1 saturated carbocycles. The third kappa shape index (κ3) is 4.95. The molecule has 0 atom stereocenters. The predicted octanol–water partition coefficient (Wildman–Crippen LogP) is 3.93. The molecule has 7 heteroatoms. The molecule has 3 N–H and O–H groups in total. The zero-order valence-electron chi connectivity index (χ0n) is 16.0. The van der Waals surface area contributed by atoms with Crippen molar-refractivity contribution in [1.29, 1.82) is 0 Å². The summed E-state index contributed by atoms with van der Waals surface area (Å²) in [6, 6.07) is 18.6. The van der Waals surface area contributed by atoms with E-state index in [2.05, 4.69) is 25.9 Å². The molecule has 2 amide bonds. The number of rotatable bonds is 6. The van der Waals surface area contributed by atoms with Gasteiger partial charge >= 0.3 is 0 Å². The summed E-state index contributed by atoms with van der Waals surface area (Å²) in [5.74, 6) is 0.614. The van der Waals surface area contributed by atoms with Crippen molar-refractivity contribution in [3.63, 3.8) is 0 Å². The van der Waals surface area contributed by atoms with E-state index in [9.17, 15) is 9.59 Å². The van der Waals surface area contributed by atoms with Gasteiger partial charge in [-0.1, -0.05) is 36.4 Å². The molecule has 2 aromatic carbocycles. The first-order chi connectivity index (χ1) is 14.1. The van der Waals surface area contributed by atoms with Gasteiger partial charge in [-0.05, 0) is 31.0 Å². The molecule has 146 valence electrons. The number of hydrogen-bond acceptors (Lipinski definition) is 5. The molecule has 0 saturated heterocycles. The molecular formula is C22H21N5O2. The predicted molar refractivity (Wildman–Crippen MR) is 113 cm³/mol. The monoisotopic (exact) mass is 387 g/mol. The molecule has 1 heterocycles. The molecule has 0 unspecified atom stereocenters. The number of amides is 2. The quantitative estimate of drug-likeness (QED) is 0.596. The Bertz CT molecular complexity index is 1050. The van der Waals surface area contributed by atoms with E-state index >= 15 is 0 Å². The average Bonchev–Trinajstić information content (AvgIpc) is 3.52. The van der Waals surface area contributed by atoms with Gasteiger partial charge in [0.15, 0.2) is 5.82 Å². The number of nitrogens with zero attached hydrogens (tertiary/aromatic N) is 2. The van der Waals surface area contributed by atoms with Gasteiger partial charge in [-0.25, -0.2) is 9.97 Å². The van der Waals surface area contributed by atoms with Crippen molar-refractivity contribution in [2.75, 3.05) is 16.0 Å². The second-order valence-corrected chi connectivity index (χ2v) is 6.96. The van der Waals surface area contributed by atoms with E-state index in [4.69, 9.17) is 0 Å². The first-order valence-electron chi connectivity index (χ1n) is 9.47. The fraction of sp³-hybridized carbons (Fsp3) is 0.182. The minimum atomic E-state index is -0.344. The summed E-state index contributed by atoms with van der Waals surface area (Å²) in [7, 11) is 0. The van der Waals surface area contributed by atoms with Gasteiger partial charge < -0.3 is 16.0 Å². The van der Waals surface area contributed by atoms with E-state index in [1.54, 1.807) is 30.3 Å². The summed E-state index contributed by atoms with van der Waals surface area (Å²) in [4.78, 5) is 33.2. The molecule has 1 aliphatic rings. The van der Waals surface area contributed by atoms with Crippen LogP contribution in [0.15, 0.2) is 60.7 Å². The van der Waals surface area contributed by atoms with Crippen molar-refractivity contribution in [3.05, 3.63) is 66.4 Å². The van der Waals surface area contributed by atoms with E-state index in [1.165, 1.54) is 6.92 Å². The highest BCUT2D eigenvalue weighted by Crippen LogP contribution is 2.26. The minimum absolute atomic E-state index is 0.174. The molecule has 1 aromatic heterocycles. The fourth-order valence-corrected chi connectivity index (χ4v) is 2.86. The van der Waals surface area contributed by atoms with Crippen LogP contribution in [0.2, 0.25) is 0 Å². The Labute approximate surface area is 168 Å². The minimum Gasteiger partial charge on any atom is -0.367 e. The van der Waals surface area contributed by atoms with E-state index < -0.39 is 0 Å². The van der Waals surface area contributed by atoms with Gasteiger partial charge in [-0.2, -0.15) is 0 Å². The van der Waals surface area contributed by atoms with Gasteiger partial charge in [0.2, 0.25) is 5.91 Å². The highest BCUT2D eigenvalue weighted by molar-refractivity contribution is 6.04. The van der Waals surface area contributed by atoms with Gasteiger partial charge in [-0.15, -0.1) is 0 Å².